The van der Waals surface area contributed by atoms with Gasteiger partial charge in [0.05, 0.1) is 6.42 Å². The summed E-state index contributed by atoms with van der Waals surface area (Å²) in [6.45, 7) is -0.940. The van der Waals surface area contributed by atoms with Gasteiger partial charge in [-0.15, -0.1) is 0 Å². The fraction of sp³-hybridized carbons (Fsp3) is 0.364. The van der Waals surface area contributed by atoms with Crippen molar-refractivity contribution < 1.29 is 31.9 Å². The van der Waals surface area contributed by atoms with Crippen molar-refractivity contribution >= 4 is 5.97 Å². The molecule has 1 aromatic carbocycles. The van der Waals surface area contributed by atoms with E-state index in [4.69, 9.17) is 10.8 Å². The van der Waals surface area contributed by atoms with E-state index in [0.717, 1.165) is 0 Å². The molecule has 0 saturated carbocycles. The first kappa shape index (κ1) is 15.4. The van der Waals surface area contributed by atoms with Crippen LogP contribution in [0.1, 0.15) is 12.0 Å². The van der Waals surface area contributed by atoms with Crippen molar-refractivity contribution in [2.45, 2.75) is 18.0 Å². The molecule has 0 spiro atoms. The molecule has 3 nitrogen and oxygen atoms in total. The number of carboxylic acid groups (broad SMARTS) is 1. The molecule has 1 unspecified atom stereocenters. The summed E-state index contributed by atoms with van der Waals surface area (Å²) in [6, 6.07) is 1.51. The molecule has 0 aliphatic carbocycles. The van der Waals surface area contributed by atoms with Gasteiger partial charge in [-0.05, 0) is 17.7 Å². The molecule has 106 valence electrons. The van der Waals surface area contributed by atoms with Gasteiger partial charge in [0.1, 0.15) is 17.0 Å². The van der Waals surface area contributed by atoms with Crippen LogP contribution in [0.3, 0.4) is 0 Å². The largest absolute Gasteiger partial charge is 0.481 e. The second-order valence-electron chi connectivity index (χ2n) is 4.04. The summed E-state index contributed by atoms with van der Waals surface area (Å²) in [4.78, 5) is 11.1. The summed E-state index contributed by atoms with van der Waals surface area (Å²) in [5.41, 5.74) is 1.86. The predicted octanol–water partition coefficient (Wildman–Crippen LogP) is 2.20. The van der Waals surface area contributed by atoms with E-state index in [1.807, 2.05) is 0 Å². The lowest BCUT2D eigenvalue weighted by atomic mass is 9.77. The van der Waals surface area contributed by atoms with Gasteiger partial charge >= 0.3 is 12.1 Å². The Bertz CT molecular complexity index is 468. The topological polar surface area (TPSA) is 63.3 Å². The van der Waals surface area contributed by atoms with E-state index in [0.29, 0.717) is 18.2 Å². The van der Waals surface area contributed by atoms with Gasteiger partial charge in [0.15, 0.2) is 0 Å². The van der Waals surface area contributed by atoms with Crippen LogP contribution in [0.15, 0.2) is 18.2 Å². The van der Waals surface area contributed by atoms with Crippen LogP contribution >= 0.6 is 0 Å². The Morgan fingerprint density at radius 3 is 1.95 bits per heavy atom. The minimum Gasteiger partial charge on any atom is -0.481 e. The highest BCUT2D eigenvalue weighted by Crippen LogP contribution is 2.37. The average Bonchev–Trinajstić information content (AvgIpc) is 2.22. The monoisotopic (exact) mass is 283 g/mol. The first-order valence-electron chi connectivity index (χ1n) is 5.07. The van der Waals surface area contributed by atoms with E-state index < -0.39 is 47.7 Å². The van der Waals surface area contributed by atoms with E-state index in [-0.39, 0.29) is 0 Å². The third-order valence-electron chi connectivity index (χ3n) is 2.68. The van der Waals surface area contributed by atoms with Crippen molar-refractivity contribution in [2.24, 2.45) is 5.73 Å². The number of nitrogens with two attached hydrogens (primary N) is 1. The Morgan fingerprint density at radius 2 is 1.63 bits per heavy atom. The number of halogens is 5. The molecule has 0 saturated heterocycles. The lowest BCUT2D eigenvalue weighted by Gasteiger charge is -2.29. The van der Waals surface area contributed by atoms with Gasteiger partial charge in [0, 0.05) is 12.6 Å². The minimum atomic E-state index is -4.85. The summed E-state index contributed by atoms with van der Waals surface area (Å²) >= 11 is 0. The van der Waals surface area contributed by atoms with E-state index in [1.54, 1.807) is 0 Å². The highest BCUT2D eigenvalue weighted by molar-refractivity contribution is 5.82. The van der Waals surface area contributed by atoms with Crippen LogP contribution in [-0.4, -0.2) is 23.8 Å². The van der Waals surface area contributed by atoms with E-state index in [9.17, 15) is 26.7 Å². The number of benzene rings is 1. The van der Waals surface area contributed by atoms with Crippen molar-refractivity contribution in [2.75, 3.05) is 6.54 Å². The molecule has 0 aliphatic rings. The normalized spacial score (nSPS) is 15.1. The Hall–Kier alpha value is -1.70. The molecule has 0 bridgehead atoms. The molecule has 0 aromatic heterocycles. The predicted molar refractivity (Wildman–Crippen MR) is 55.4 cm³/mol. The Morgan fingerprint density at radius 1 is 1.16 bits per heavy atom. The van der Waals surface area contributed by atoms with Crippen LogP contribution < -0.4 is 5.73 Å². The first-order valence-corrected chi connectivity index (χ1v) is 5.07. The Balaban J connectivity index is 3.42. The van der Waals surface area contributed by atoms with Gasteiger partial charge in [0.2, 0.25) is 0 Å². The smallest absolute Gasteiger partial charge is 0.390 e. The molecule has 0 amide bonds. The Kier molecular flexibility index (Phi) is 4.14. The number of aliphatic carboxylic acids is 1. The van der Waals surface area contributed by atoms with Crippen molar-refractivity contribution in [3.8, 4) is 0 Å². The zero-order chi connectivity index (χ0) is 14.8. The maximum absolute atomic E-state index is 13.0. The number of hydrogen-bond acceptors (Lipinski definition) is 2. The molecule has 8 heteroatoms. The number of hydrogen-bond donors (Lipinski definition) is 2. The van der Waals surface area contributed by atoms with Crippen LogP contribution in [0.2, 0.25) is 0 Å². The summed E-state index contributed by atoms with van der Waals surface area (Å²) in [5.74, 6) is -4.23. The number of carboxylic acids is 1. The van der Waals surface area contributed by atoms with Crippen LogP contribution in [-0.2, 0) is 10.2 Å². The molecule has 0 aliphatic heterocycles. The summed E-state index contributed by atoms with van der Waals surface area (Å²) in [5, 5.41) is 9.00. The SMILES string of the molecule is NCC(CC(F)(F)F)(C(=O)O)c1cc(F)cc(F)c1. The van der Waals surface area contributed by atoms with Gasteiger partial charge in [-0.2, -0.15) is 13.2 Å². The molecule has 0 heterocycles. The van der Waals surface area contributed by atoms with Gasteiger partial charge < -0.3 is 10.8 Å². The van der Waals surface area contributed by atoms with E-state index >= 15 is 0 Å². The summed E-state index contributed by atoms with van der Waals surface area (Å²) in [6.07, 6.45) is -6.66. The molecule has 0 radical (unpaired) electrons. The minimum absolute atomic E-state index is 0.431. The average molecular weight is 283 g/mol. The van der Waals surface area contributed by atoms with E-state index in [1.165, 1.54) is 0 Å². The van der Waals surface area contributed by atoms with Crippen LogP contribution in [0.4, 0.5) is 22.0 Å². The molecular formula is C11H10F5NO2. The van der Waals surface area contributed by atoms with Crippen molar-refractivity contribution in [3.05, 3.63) is 35.4 Å². The molecule has 3 N–H and O–H groups in total. The maximum atomic E-state index is 13.0. The molecule has 19 heavy (non-hydrogen) atoms. The van der Waals surface area contributed by atoms with Crippen molar-refractivity contribution in [3.63, 3.8) is 0 Å². The zero-order valence-corrected chi connectivity index (χ0v) is 9.47. The summed E-state index contributed by atoms with van der Waals surface area (Å²) < 4.78 is 63.5. The second kappa shape index (κ2) is 5.12. The number of alkyl halides is 3. The third-order valence-corrected chi connectivity index (χ3v) is 2.68. The highest BCUT2D eigenvalue weighted by Gasteiger charge is 2.48. The zero-order valence-electron chi connectivity index (χ0n) is 9.47. The highest BCUT2D eigenvalue weighted by atomic mass is 19.4. The van der Waals surface area contributed by atoms with E-state index in [2.05, 4.69) is 0 Å². The van der Waals surface area contributed by atoms with Crippen LogP contribution in [0, 0.1) is 11.6 Å². The molecule has 0 fully saturated rings. The third kappa shape index (κ3) is 3.40. The van der Waals surface area contributed by atoms with Gasteiger partial charge in [0.25, 0.3) is 0 Å². The lowest BCUT2D eigenvalue weighted by molar-refractivity contribution is -0.167. The molecule has 1 rings (SSSR count). The molecular weight excluding hydrogens is 273 g/mol. The van der Waals surface area contributed by atoms with Crippen LogP contribution in [0.5, 0.6) is 0 Å². The fourth-order valence-corrected chi connectivity index (χ4v) is 1.75. The maximum Gasteiger partial charge on any atom is 0.390 e. The standard InChI is InChI=1S/C11H10F5NO2/c12-7-1-6(2-8(13)3-7)10(5-17,9(18)19)4-11(14,15)16/h1-3H,4-5,17H2,(H,18,19). The van der Waals surface area contributed by atoms with Gasteiger partial charge in [-0.3, -0.25) is 4.79 Å². The van der Waals surface area contributed by atoms with Crippen molar-refractivity contribution in [1.82, 2.24) is 0 Å². The number of rotatable bonds is 4. The van der Waals surface area contributed by atoms with Gasteiger partial charge in [-0.25, -0.2) is 8.78 Å². The van der Waals surface area contributed by atoms with Crippen molar-refractivity contribution in [1.29, 1.82) is 0 Å². The quantitative estimate of drug-likeness (QED) is 0.833. The first-order chi connectivity index (χ1) is 8.60. The molecule has 1 aromatic rings. The summed E-state index contributed by atoms with van der Waals surface area (Å²) in [7, 11) is 0. The fourth-order valence-electron chi connectivity index (χ4n) is 1.75. The second-order valence-corrected chi connectivity index (χ2v) is 4.04. The number of carbonyl (C=O) groups is 1. The molecule has 1 atom stereocenters. The van der Waals surface area contributed by atoms with Gasteiger partial charge in [-0.1, -0.05) is 0 Å². The lowest BCUT2D eigenvalue weighted by Crippen LogP contribution is -2.46. The Labute approximate surface area is 104 Å². The van der Waals surface area contributed by atoms with Crippen LogP contribution in [0.25, 0.3) is 0 Å².